The molecule has 0 spiro atoms. The Morgan fingerprint density at radius 1 is 1.85 bits per heavy atom. The molecule has 1 heterocycles. The fourth-order valence-electron chi connectivity index (χ4n) is 0.930. The van der Waals surface area contributed by atoms with Crippen molar-refractivity contribution in [3.8, 4) is 12.3 Å². The van der Waals surface area contributed by atoms with Crippen LogP contribution in [0.25, 0.3) is 0 Å². The van der Waals surface area contributed by atoms with Gasteiger partial charge in [-0.1, -0.05) is 6.07 Å². The van der Waals surface area contributed by atoms with E-state index in [1.807, 2.05) is 18.4 Å². The predicted molar refractivity (Wildman–Crippen MR) is 54.7 cm³/mol. The molecule has 1 atom stereocenters. The Balaban J connectivity index is 2.48. The lowest BCUT2D eigenvalue weighted by atomic mass is 10.2. The van der Waals surface area contributed by atoms with Crippen LogP contribution in [0.15, 0.2) is 17.5 Å². The number of carbonyl (C=O) groups excluding carboxylic acids is 1. The summed E-state index contributed by atoms with van der Waals surface area (Å²) in [6, 6.07) is 3.69. The van der Waals surface area contributed by atoms with Gasteiger partial charge in [0.2, 0.25) is 0 Å². The van der Waals surface area contributed by atoms with E-state index in [1.54, 1.807) is 6.07 Å². The van der Waals surface area contributed by atoms with E-state index in [0.717, 1.165) is 4.88 Å². The average molecular weight is 193 g/mol. The van der Waals surface area contributed by atoms with E-state index in [2.05, 4.69) is 11.2 Å². The van der Waals surface area contributed by atoms with Gasteiger partial charge in [0.25, 0.3) is 5.91 Å². The van der Waals surface area contributed by atoms with E-state index in [0.29, 0.717) is 6.42 Å². The lowest BCUT2D eigenvalue weighted by Gasteiger charge is -2.08. The third-order valence-corrected chi connectivity index (χ3v) is 2.42. The number of hydrogen-bond donors (Lipinski definition) is 1. The van der Waals surface area contributed by atoms with Crippen LogP contribution in [0.1, 0.15) is 23.0 Å². The molecule has 0 saturated carbocycles. The Morgan fingerprint density at radius 2 is 2.62 bits per heavy atom. The molecule has 0 radical (unpaired) electrons. The molecular formula is C10H11NOS. The second-order valence-corrected chi connectivity index (χ2v) is 3.71. The minimum absolute atomic E-state index is 0.0413. The van der Waals surface area contributed by atoms with Crippen LogP contribution in [0, 0.1) is 12.3 Å². The summed E-state index contributed by atoms with van der Waals surface area (Å²) in [4.78, 5) is 12.1. The first-order valence-corrected chi connectivity index (χ1v) is 4.90. The topological polar surface area (TPSA) is 29.1 Å². The number of rotatable bonds is 3. The summed E-state index contributed by atoms with van der Waals surface area (Å²) in [5.41, 5.74) is 0. The number of carbonyl (C=O) groups is 1. The van der Waals surface area contributed by atoms with Crippen molar-refractivity contribution < 1.29 is 4.79 Å². The number of hydrogen-bond acceptors (Lipinski definition) is 2. The SMILES string of the molecule is C#CCC(C)NC(=O)c1cccs1. The zero-order valence-electron chi connectivity index (χ0n) is 7.41. The molecule has 0 aliphatic carbocycles. The van der Waals surface area contributed by atoms with Crippen LogP contribution in [0.5, 0.6) is 0 Å². The number of thiophene rings is 1. The first-order valence-electron chi connectivity index (χ1n) is 4.02. The van der Waals surface area contributed by atoms with E-state index < -0.39 is 0 Å². The summed E-state index contributed by atoms with van der Waals surface area (Å²) in [5.74, 6) is 2.46. The van der Waals surface area contributed by atoms with Gasteiger partial charge in [-0.2, -0.15) is 0 Å². The van der Waals surface area contributed by atoms with Gasteiger partial charge in [0, 0.05) is 12.5 Å². The lowest BCUT2D eigenvalue weighted by Crippen LogP contribution is -2.31. The van der Waals surface area contributed by atoms with Crippen molar-refractivity contribution in [2.45, 2.75) is 19.4 Å². The Kier molecular flexibility index (Phi) is 3.53. The Labute approximate surface area is 82.0 Å². The van der Waals surface area contributed by atoms with Gasteiger partial charge in [-0.15, -0.1) is 23.7 Å². The standard InChI is InChI=1S/C10H11NOS/c1-3-5-8(2)11-10(12)9-6-4-7-13-9/h1,4,6-8H,5H2,2H3,(H,11,12). The molecule has 68 valence electrons. The van der Waals surface area contributed by atoms with Gasteiger partial charge in [0.05, 0.1) is 4.88 Å². The second kappa shape index (κ2) is 4.68. The molecule has 0 fully saturated rings. The number of nitrogens with one attached hydrogen (secondary N) is 1. The first-order chi connectivity index (χ1) is 6.24. The maximum absolute atomic E-state index is 11.4. The highest BCUT2D eigenvalue weighted by Gasteiger charge is 2.08. The van der Waals surface area contributed by atoms with Crippen LogP contribution < -0.4 is 5.32 Å². The molecule has 0 aromatic carbocycles. The van der Waals surface area contributed by atoms with Crippen LogP contribution in [0.3, 0.4) is 0 Å². The molecule has 1 unspecified atom stereocenters. The smallest absolute Gasteiger partial charge is 0.261 e. The number of amides is 1. The summed E-state index contributed by atoms with van der Waals surface area (Å²) in [7, 11) is 0. The summed E-state index contributed by atoms with van der Waals surface area (Å²) in [6.45, 7) is 1.89. The molecule has 1 aromatic heterocycles. The largest absolute Gasteiger partial charge is 0.348 e. The molecular weight excluding hydrogens is 182 g/mol. The van der Waals surface area contributed by atoms with Crippen LogP contribution >= 0.6 is 11.3 Å². The normalized spacial score (nSPS) is 11.7. The highest BCUT2D eigenvalue weighted by molar-refractivity contribution is 7.12. The quantitative estimate of drug-likeness (QED) is 0.730. The van der Waals surface area contributed by atoms with Gasteiger partial charge in [0.15, 0.2) is 0 Å². The van der Waals surface area contributed by atoms with E-state index in [9.17, 15) is 4.79 Å². The third-order valence-electron chi connectivity index (χ3n) is 1.55. The van der Waals surface area contributed by atoms with Crippen molar-refractivity contribution in [1.29, 1.82) is 0 Å². The van der Waals surface area contributed by atoms with E-state index >= 15 is 0 Å². The summed E-state index contributed by atoms with van der Waals surface area (Å²) < 4.78 is 0. The summed E-state index contributed by atoms with van der Waals surface area (Å²) in [5, 5.41) is 4.69. The van der Waals surface area contributed by atoms with Crippen molar-refractivity contribution >= 4 is 17.2 Å². The van der Waals surface area contributed by atoms with Crippen molar-refractivity contribution in [3.05, 3.63) is 22.4 Å². The fraction of sp³-hybridized carbons (Fsp3) is 0.300. The average Bonchev–Trinajstić information content (AvgIpc) is 2.55. The first kappa shape index (κ1) is 9.82. The minimum Gasteiger partial charge on any atom is -0.348 e. The van der Waals surface area contributed by atoms with Gasteiger partial charge in [-0.05, 0) is 18.4 Å². The predicted octanol–water partition coefficient (Wildman–Crippen LogP) is 1.89. The molecule has 3 heteroatoms. The maximum Gasteiger partial charge on any atom is 0.261 e. The van der Waals surface area contributed by atoms with Crippen LogP contribution in [-0.4, -0.2) is 11.9 Å². The Bertz CT molecular complexity index is 310. The molecule has 1 amide bonds. The van der Waals surface area contributed by atoms with Crippen molar-refractivity contribution in [2.75, 3.05) is 0 Å². The summed E-state index contributed by atoms with van der Waals surface area (Å²) in [6.07, 6.45) is 5.69. The van der Waals surface area contributed by atoms with Crippen molar-refractivity contribution in [2.24, 2.45) is 0 Å². The van der Waals surface area contributed by atoms with Crippen molar-refractivity contribution in [3.63, 3.8) is 0 Å². The lowest BCUT2D eigenvalue weighted by molar-refractivity contribution is 0.0945. The second-order valence-electron chi connectivity index (χ2n) is 2.76. The van der Waals surface area contributed by atoms with Gasteiger partial charge >= 0.3 is 0 Å². The third kappa shape index (κ3) is 2.92. The molecule has 13 heavy (non-hydrogen) atoms. The maximum atomic E-state index is 11.4. The minimum atomic E-state index is -0.0437. The molecule has 0 bridgehead atoms. The van der Waals surface area contributed by atoms with E-state index in [4.69, 9.17) is 6.42 Å². The van der Waals surface area contributed by atoms with E-state index in [-0.39, 0.29) is 11.9 Å². The Morgan fingerprint density at radius 3 is 3.15 bits per heavy atom. The Hall–Kier alpha value is -1.27. The van der Waals surface area contributed by atoms with Crippen LogP contribution in [0.4, 0.5) is 0 Å². The van der Waals surface area contributed by atoms with Gasteiger partial charge in [0.1, 0.15) is 0 Å². The summed E-state index contributed by atoms with van der Waals surface area (Å²) >= 11 is 1.43. The zero-order valence-corrected chi connectivity index (χ0v) is 8.23. The van der Waals surface area contributed by atoms with Crippen LogP contribution in [0.2, 0.25) is 0 Å². The van der Waals surface area contributed by atoms with Gasteiger partial charge < -0.3 is 5.32 Å². The monoisotopic (exact) mass is 193 g/mol. The van der Waals surface area contributed by atoms with E-state index in [1.165, 1.54) is 11.3 Å². The molecule has 1 aromatic rings. The zero-order chi connectivity index (χ0) is 9.68. The van der Waals surface area contributed by atoms with Crippen LogP contribution in [-0.2, 0) is 0 Å². The molecule has 0 aliphatic rings. The molecule has 1 rings (SSSR count). The molecule has 0 saturated heterocycles. The molecule has 2 nitrogen and oxygen atoms in total. The van der Waals surface area contributed by atoms with Gasteiger partial charge in [-0.25, -0.2) is 0 Å². The fourth-order valence-corrected chi connectivity index (χ4v) is 1.56. The number of terminal acetylenes is 1. The molecule has 1 N–H and O–H groups in total. The van der Waals surface area contributed by atoms with Crippen molar-refractivity contribution in [1.82, 2.24) is 5.32 Å². The molecule has 0 aliphatic heterocycles. The highest BCUT2D eigenvalue weighted by Crippen LogP contribution is 2.08. The van der Waals surface area contributed by atoms with Gasteiger partial charge in [-0.3, -0.25) is 4.79 Å². The highest BCUT2D eigenvalue weighted by atomic mass is 32.1.